The molecule has 0 fully saturated rings. The highest BCUT2D eigenvalue weighted by molar-refractivity contribution is 5.72. The molecule has 0 bridgehead atoms. The summed E-state index contributed by atoms with van der Waals surface area (Å²) in [4.78, 5) is 0. The van der Waals surface area contributed by atoms with Crippen molar-refractivity contribution in [3.63, 3.8) is 0 Å². The molecule has 2 aromatic carbocycles. The molecule has 0 aliphatic rings. The number of methoxy groups -OCH3 is 2. The van der Waals surface area contributed by atoms with Gasteiger partial charge in [-0.1, -0.05) is 42.5 Å². The van der Waals surface area contributed by atoms with Gasteiger partial charge in [0.25, 0.3) is 0 Å². The molecule has 0 aliphatic heterocycles. The number of H-pyrrole nitrogens is 1. The summed E-state index contributed by atoms with van der Waals surface area (Å²) in [6.45, 7) is 0. The summed E-state index contributed by atoms with van der Waals surface area (Å²) < 4.78 is 10.6. The summed E-state index contributed by atoms with van der Waals surface area (Å²) in [5.74, 6) is 1.43. The second-order valence-corrected chi connectivity index (χ2v) is 5.02. The average molecular weight is 306 g/mol. The van der Waals surface area contributed by atoms with E-state index in [4.69, 9.17) is 9.47 Å². The summed E-state index contributed by atoms with van der Waals surface area (Å²) in [7, 11) is 3.26. The number of nitrogens with one attached hydrogen (secondary N) is 1. The van der Waals surface area contributed by atoms with E-state index in [2.05, 4.69) is 10.2 Å². The minimum atomic E-state index is 0.712. The second-order valence-electron chi connectivity index (χ2n) is 5.02. The molecule has 3 rings (SSSR count). The van der Waals surface area contributed by atoms with Crippen molar-refractivity contribution >= 4 is 12.2 Å². The maximum Gasteiger partial charge on any atom is 0.161 e. The summed E-state index contributed by atoms with van der Waals surface area (Å²) in [6, 6.07) is 17.9. The van der Waals surface area contributed by atoms with E-state index in [0.717, 1.165) is 28.3 Å². The highest BCUT2D eigenvalue weighted by Crippen LogP contribution is 2.28. The predicted octanol–water partition coefficient (Wildman–Crippen LogP) is 4.26. The zero-order valence-corrected chi connectivity index (χ0v) is 13.1. The molecule has 1 N–H and O–H groups in total. The van der Waals surface area contributed by atoms with Gasteiger partial charge in [0.1, 0.15) is 0 Å². The Balaban J connectivity index is 1.80. The van der Waals surface area contributed by atoms with Crippen molar-refractivity contribution in [2.45, 2.75) is 0 Å². The van der Waals surface area contributed by atoms with Crippen LogP contribution >= 0.6 is 0 Å². The molecule has 0 spiro atoms. The van der Waals surface area contributed by atoms with Crippen LogP contribution in [0.3, 0.4) is 0 Å². The molecule has 4 heteroatoms. The Bertz CT molecular complexity index is 807. The van der Waals surface area contributed by atoms with E-state index in [1.54, 1.807) is 14.2 Å². The van der Waals surface area contributed by atoms with Crippen LogP contribution in [0.4, 0.5) is 0 Å². The van der Waals surface area contributed by atoms with Crippen LogP contribution in [0.2, 0.25) is 0 Å². The first kappa shape index (κ1) is 14.9. The number of aromatic nitrogens is 2. The van der Waals surface area contributed by atoms with E-state index in [0.29, 0.717) is 5.75 Å². The third kappa shape index (κ3) is 3.43. The van der Waals surface area contributed by atoms with Crippen molar-refractivity contribution in [1.82, 2.24) is 10.2 Å². The monoisotopic (exact) mass is 306 g/mol. The topological polar surface area (TPSA) is 47.1 Å². The maximum atomic E-state index is 5.31. The van der Waals surface area contributed by atoms with Crippen LogP contribution in [0.15, 0.2) is 54.6 Å². The Morgan fingerprint density at radius 1 is 0.870 bits per heavy atom. The largest absolute Gasteiger partial charge is 0.493 e. The molecule has 4 nitrogen and oxygen atoms in total. The fraction of sp³-hybridized carbons (Fsp3) is 0.105. The molecule has 23 heavy (non-hydrogen) atoms. The number of aromatic amines is 1. The average Bonchev–Trinajstić information content (AvgIpc) is 3.09. The lowest BCUT2D eigenvalue weighted by molar-refractivity contribution is 0.355. The Kier molecular flexibility index (Phi) is 4.43. The molecule has 0 amide bonds. The Morgan fingerprint density at radius 3 is 2.39 bits per heavy atom. The van der Waals surface area contributed by atoms with Gasteiger partial charge in [0, 0.05) is 5.56 Å². The van der Waals surface area contributed by atoms with Crippen LogP contribution in [0.1, 0.15) is 11.3 Å². The van der Waals surface area contributed by atoms with Gasteiger partial charge in [0.15, 0.2) is 11.5 Å². The second kappa shape index (κ2) is 6.83. The van der Waals surface area contributed by atoms with Gasteiger partial charge in [-0.05, 0) is 29.8 Å². The van der Waals surface area contributed by atoms with Gasteiger partial charge in [-0.15, -0.1) is 0 Å². The normalized spacial score (nSPS) is 10.9. The Morgan fingerprint density at radius 2 is 1.65 bits per heavy atom. The van der Waals surface area contributed by atoms with Crippen LogP contribution in [0.5, 0.6) is 11.5 Å². The molecule has 0 atom stereocenters. The maximum absolute atomic E-state index is 5.31. The van der Waals surface area contributed by atoms with Crippen molar-refractivity contribution < 1.29 is 9.47 Å². The van der Waals surface area contributed by atoms with E-state index in [1.165, 1.54) is 0 Å². The Labute approximate surface area is 135 Å². The predicted molar refractivity (Wildman–Crippen MR) is 92.5 cm³/mol. The Hall–Kier alpha value is -3.01. The summed E-state index contributed by atoms with van der Waals surface area (Å²) >= 11 is 0. The number of hydrogen-bond acceptors (Lipinski definition) is 3. The fourth-order valence-electron chi connectivity index (χ4n) is 2.32. The lowest BCUT2D eigenvalue weighted by Gasteiger charge is -2.07. The highest BCUT2D eigenvalue weighted by atomic mass is 16.5. The number of ether oxygens (including phenoxy) is 2. The molecule has 0 radical (unpaired) electrons. The van der Waals surface area contributed by atoms with Gasteiger partial charge in [0.05, 0.1) is 25.6 Å². The van der Waals surface area contributed by atoms with E-state index < -0.39 is 0 Å². The third-order valence-corrected chi connectivity index (χ3v) is 3.53. The first-order chi connectivity index (χ1) is 11.3. The van der Waals surface area contributed by atoms with E-state index in [-0.39, 0.29) is 0 Å². The van der Waals surface area contributed by atoms with Gasteiger partial charge in [-0.25, -0.2) is 0 Å². The van der Waals surface area contributed by atoms with Crippen molar-refractivity contribution in [2.24, 2.45) is 0 Å². The van der Waals surface area contributed by atoms with Gasteiger partial charge >= 0.3 is 0 Å². The summed E-state index contributed by atoms with van der Waals surface area (Å²) in [6.07, 6.45) is 3.99. The van der Waals surface area contributed by atoms with E-state index >= 15 is 0 Å². The molecule has 0 saturated heterocycles. The standard InChI is InChI=1S/C19H18N2O2/c1-22-18-11-9-14(12-19(18)23-2)8-10-16-13-17(21-20-16)15-6-4-3-5-7-15/h3-13H,1-2H3,(H,20,21)/b10-8+. The molecular formula is C19H18N2O2. The summed E-state index contributed by atoms with van der Waals surface area (Å²) in [5.41, 5.74) is 3.99. The molecule has 3 aromatic rings. The van der Waals surface area contributed by atoms with Crippen LogP contribution in [-0.2, 0) is 0 Å². The smallest absolute Gasteiger partial charge is 0.161 e. The summed E-state index contributed by atoms with van der Waals surface area (Å²) in [5, 5.41) is 7.37. The van der Waals surface area contributed by atoms with Crippen molar-refractivity contribution in [1.29, 1.82) is 0 Å². The van der Waals surface area contributed by atoms with Gasteiger partial charge in [0.2, 0.25) is 0 Å². The van der Waals surface area contributed by atoms with E-state index in [1.807, 2.05) is 66.7 Å². The van der Waals surface area contributed by atoms with Crippen LogP contribution in [0.25, 0.3) is 23.4 Å². The number of hydrogen-bond donors (Lipinski definition) is 1. The van der Waals surface area contributed by atoms with Crippen molar-refractivity contribution in [3.05, 3.63) is 65.9 Å². The highest BCUT2D eigenvalue weighted by Gasteiger charge is 2.04. The molecular weight excluding hydrogens is 288 g/mol. The number of nitrogens with zero attached hydrogens (tertiary/aromatic N) is 1. The minimum Gasteiger partial charge on any atom is -0.493 e. The van der Waals surface area contributed by atoms with Crippen molar-refractivity contribution in [3.8, 4) is 22.8 Å². The first-order valence-corrected chi connectivity index (χ1v) is 7.31. The fourth-order valence-corrected chi connectivity index (χ4v) is 2.32. The lowest BCUT2D eigenvalue weighted by Crippen LogP contribution is -1.90. The minimum absolute atomic E-state index is 0.712. The molecule has 0 aliphatic carbocycles. The molecule has 1 aromatic heterocycles. The van der Waals surface area contributed by atoms with Gasteiger partial charge in [-0.3, -0.25) is 5.10 Å². The van der Waals surface area contributed by atoms with Crippen molar-refractivity contribution in [2.75, 3.05) is 14.2 Å². The molecule has 116 valence electrons. The zero-order valence-electron chi connectivity index (χ0n) is 13.1. The van der Waals surface area contributed by atoms with Crippen LogP contribution < -0.4 is 9.47 Å². The van der Waals surface area contributed by atoms with E-state index in [9.17, 15) is 0 Å². The number of benzene rings is 2. The quantitative estimate of drug-likeness (QED) is 0.766. The molecule has 1 heterocycles. The van der Waals surface area contributed by atoms with Gasteiger partial charge < -0.3 is 9.47 Å². The van der Waals surface area contributed by atoms with Crippen LogP contribution in [0, 0.1) is 0 Å². The lowest BCUT2D eigenvalue weighted by atomic mass is 10.1. The first-order valence-electron chi connectivity index (χ1n) is 7.31. The molecule has 0 unspecified atom stereocenters. The number of rotatable bonds is 5. The third-order valence-electron chi connectivity index (χ3n) is 3.53. The van der Waals surface area contributed by atoms with Gasteiger partial charge in [-0.2, -0.15) is 5.10 Å². The van der Waals surface area contributed by atoms with Crippen LogP contribution in [-0.4, -0.2) is 24.4 Å². The SMILES string of the molecule is COc1ccc(/C=C/c2cc(-c3ccccc3)n[nH]2)cc1OC. The zero-order chi connectivity index (χ0) is 16.1. The molecule has 0 saturated carbocycles.